The first-order valence-corrected chi connectivity index (χ1v) is 5.34. The van der Waals surface area contributed by atoms with Crippen LogP contribution in [0, 0.1) is 12.7 Å². The summed E-state index contributed by atoms with van der Waals surface area (Å²) in [6, 6.07) is 1.52. The number of rotatable bonds is 2. The van der Waals surface area contributed by atoms with Crippen LogP contribution < -0.4 is 5.14 Å². The number of carboxylic acids is 1. The van der Waals surface area contributed by atoms with E-state index in [0.29, 0.717) is 6.07 Å². The van der Waals surface area contributed by atoms with E-state index in [0.717, 1.165) is 6.07 Å². The van der Waals surface area contributed by atoms with Gasteiger partial charge in [0.15, 0.2) is 0 Å². The molecular weight excluding hydrogens is 225 g/mol. The van der Waals surface area contributed by atoms with Gasteiger partial charge < -0.3 is 5.11 Å². The SMILES string of the molecule is Cc1c(F)cc(S(N)(=O)=O)cc1C(=O)O. The van der Waals surface area contributed by atoms with E-state index in [2.05, 4.69) is 0 Å². The molecule has 0 atom stereocenters. The molecule has 7 heteroatoms. The lowest BCUT2D eigenvalue weighted by atomic mass is 10.1. The maximum absolute atomic E-state index is 13.1. The van der Waals surface area contributed by atoms with Crippen molar-refractivity contribution in [2.24, 2.45) is 5.14 Å². The Labute approximate surface area is 85.4 Å². The summed E-state index contributed by atoms with van der Waals surface area (Å²) in [4.78, 5) is 10.1. The van der Waals surface area contributed by atoms with Gasteiger partial charge in [0.1, 0.15) is 5.82 Å². The van der Waals surface area contributed by atoms with Gasteiger partial charge in [0, 0.05) is 0 Å². The Morgan fingerprint density at radius 1 is 1.47 bits per heavy atom. The third-order valence-electron chi connectivity index (χ3n) is 1.88. The van der Waals surface area contributed by atoms with Crippen LogP contribution in [0.4, 0.5) is 4.39 Å². The predicted octanol–water partition coefficient (Wildman–Crippen LogP) is 0.480. The zero-order valence-electron chi connectivity index (χ0n) is 7.69. The number of sulfonamides is 1. The molecule has 3 N–H and O–H groups in total. The van der Waals surface area contributed by atoms with Gasteiger partial charge in [-0.05, 0) is 24.6 Å². The second kappa shape index (κ2) is 3.59. The van der Waals surface area contributed by atoms with Crippen molar-refractivity contribution >= 4 is 16.0 Å². The zero-order chi connectivity index (χ0) is 11.8. The Kier molecular flexibility index (Phi) is 2.78. The average molecular weight is 233 g/mol. The molecule has 0 aliphatic rings. The molecule has 0 aliphatic heterocycles. The molecule has 0 spiro atoms. The number of primary sulfonamides is 1. The molecule has 1 rings (SSSR count). The van der Waals surface area contributed by atoms with E-state index in [1.807, 2.05) is 0 Å². The topological polar surface area (TPSA) is 97.5 Å². The number of carboxylic acid groups (broad SMARTS) is 1. The van der Waals surface area contributed by atoms with Crippen molar-refractivity contribution in [3.8, 4) is 0 Å². The molecule has 1 aromatic rings. The third-order valence-corrected chi connectivity index (χ3v) is 2.77. The van der Waals surface area contributed by atoms with Gasteiger partial charge in [0.25, 0.3) is 0 Å². The number of halogens is 1. The van der Waals surface area contributed by atoms with E-state index < -0.39 is 32.3 Å². The van der Waals surface area contributed by atoms with E-state index in [4.69, 9.17) is 10.2 Å². The van der Waals surface area contributed by atoms with Crippen molar-refractivity contribution in [1.82, 2.24) is 0 Å². The van der Waals surface area contributed by atoms with Gasteiger partial charge in [-0.3, -0.25) is 0 Å². The fourth-order valence-corrected chi connectivity index (χ4v) is 1.59. The fourth-order valence-electron chi connectivity index (χ4n) is 1.04. The average Bonchev–Trinajstić information content (AvgIpc) is 2.06. The van der Waals surface area contributed by atoms with Crippen LogP contribution in [0.15, 0.2) is 17.0 Å². The van der Waals surface area contributed by atoms with E-state index in [1.165, 1.54) is 6.92 Å². The summed E-state index contributed by atoms with van der Waals surface area (Å²) >= 11 is 0. The second-order valence-electron chi connectivity index (χ2n) is 2.93. The lowest BCUT2D eigenvalue weighted by molar-refractivity contribution is 0.0695. The Hall–Kier alpha value is -1.47. The highest BCUT2D eigenvalue weighted by atomic mass is 32.2. The van der Waals surface area contributed by atoms with Crippen LogP contribution in [0.1, 0.15) is 15.9 Å². The van der Waals surface area contributed by atoms with Crippen molar-refractivity contribution in [2.45, 2.75) is 11.8 Å². The largest absolute Gasteiger partial charge is 0.478 e. The highest BCUT2D eigenvalue weighted by Gasteiger charge is 2.17. The van der Waals surface area contributed by atoms with Gasteiger partial charge in [-0.1, -0.05) is 0 Å². The monoisotopic (exact) mass is 233 g/mol. The maximum atomic E-state index is 13.1. The van der Waals surface area contributed by atoms with Crippen molar-refractivity contribution in [3.05, 3.63) is 29.1 Å². The molecule has 0 amide bonds. The summed E-state index contributed by atoms with van der Waals surface area (Å²) < 4.78 is 34.9. The first kappa shape index (κ1) is 11.6. The molecule has 82 valence electrons. The molecule has 0 aromatic heterocycles. The Morgan fingerprint density at radius 3 is 2.40 bits per heavy atom. The Morgan fingerprint density at radius 2 is 2.00 bits per heavy atom. The lowest BCUT2D eigenvalue weighted by Gasteiger charge is -2.05. The molecule has 0 bridgehead atoms. The highest BCUT2D eigenvalue weighted by molar-refractivity contribution is 7.89. The second-order valence-corrected chi connectivity index (χ2v) is 4.49. The third kappa shape index (κ3) is 2.31. The van der Waals surface area contributed by atoms with Crippen molar-refractivity contribution in [2.75, 3.05) is 0 Å². The molecule has 5 nitrogen and oxygen atoms in total. The maximum Gasteiger partial charge on any atom is 0.336 e. The molecule has 0 heterocycles. The van der Waals surface area contributed by atoms with Crippen LogP contribution in [0.3, 0.4) is 0 Å². The summed E-state index contributed by atoms with van der Waals surface area (Å²) in [6.07, 6.45) is 0. The molecule has 1 aromatic carbocycles. The van der Waals surface area contributed by atoms with E-state index in [9.17, 15) is 17.6 Å². The first-order chi connectivity index (χ1) is 6.73. The zero-order valence-corrected chi connectivity index (χ0v) is 8.51. The molecule has 15 heavy (non-hydrogen) atoms. The molecule has 0 saturated carbocycles. The minimum atomic E-state index is -4.10. The lowest BCUT2D eigenvalue weighted by Crippen LogP contribution is -2.14. The number of hydrogen-bond acceptors (Lipinski definition) is 3. The summed E-state index contributed by atoms with van der Waals surface area (Å²) in [5.41, 5.74) is -0.547. The van der Waals surface area contributed by atoms with Crippen molar-refractivity contribution in [1.29, 1.82) is 0 Å². The first-order valence-electron chi connectivity index (χ1n) is 3.79. The van der Waals surface area contributed by atoms with E-state index in [1.54, 1.807) is 0 Å². The van der Waals surface area contributed by atoms with Crippen LogP contribution in [0.25, 0.3) is 0 Å². The molecule has 0 radical (unpaired) electrons. The summed E-state index contributed by atoms with van der Waals surface area (Å²) in [7, 11) is -4.10. The van der Waals surface area contributed by atoms with Crippen LogP contribution in [0.5, 0.6) is 0 Å². The number of carbonyl (C=O) groups is 1. The van der Waals surface area contributed by atoms with Gasteiger partial charge in [-0.25, -0.2) is 22.7 Å². The molecular formula is C8H8FNO4S. The van der Waals surface area contributed by atoms with Gasteiger partial charge in [-0.15, -0.1) is 0 Å². The number of aromatic carboxylic acids is 1. The Balaban J connectivity index is 3.57. The Bertz CT molecular complexity index is 524. The quantitative estimate of drug-likeness (QED) is 0.776. The van der Waals surface area contributed by atoms with Crippen molar-refractivity contribution in [3.63, 3.8) is 0 Å². The normalized spacial score (nSPS) is 11.4. The predicted molar refractivity (Wildman–Crippen MR) is 49.5 cm³/mol. The van der Waals surface area contributed by atoms with Crippen molar-refractivity contribution < 1.29 is 22.7 Å². The summed E-state index contributed by atoms with van der Waals surface area (Å²) in [5, 5.41) is 13.4. The number of nitrogens with two attached hydrogens (primary N) is 1. The summed E-state index contributed by atoms with van der Waals surface area (Å²) in [5.74, 6) is -2.32. The number of hydrogen-bond donors (Lipinski definition) is 2. The fraction of sp³-hybridized carbons (Fsp3) is 0.125. The van der Waals surface area contributed by atoms with Gasteiger partial charge in [0.05, 0.1) is 10.5 Å². The molecule has 0 fully saturated rings. The van der Waals surface area contributed by atoms with Gasteiger partial charge >= 0.3 is 5.97 Å². The van der Waals surface area contributed by atoms with Crippen LogP contribution in [-0.2, 0) is 10.0 Å². The van der Waals surface area contributed by atoms with E-state index >= 15 is 0 Å². The van der Waals surface area contributed by atoms with Gasteiger partial charge in [-0.2, -0.15) is 0 Å². The molecule has 0 saturated heterocycles. The van der Waals surface area contributed by atoms with Crippen LogP contribution in [0.2, 0.25) is 0 Å². The smallest absolute Gasteiger partial charge is 0.336 e. The standard InChI is InChI=1S/C8H8FNO4S/c1-4-6(8(11)12)2-5(3-7(4)9)15(10,13)14/h2-3H,1H3,(H,11,12)(H2,10,13,14). The molecule has 0 unspecified atom stereocenters. The van der Waals surface area contributed by atoms with E-state index in [-0.39, 0.29) is 5.56 Å². The minimum absolute atomic E-state index is 0.130. The highest BCUT2D eigenvalue weighted by Crippen LogP contribution is 2.18. The van der Waals surface area contributed by atoms with Crippen LogP contribution in [-0.4, -0.2) is 19.5 Å². The minimum Gasteiger partial charge on any atom is -0.478 e. The van der Waals surface area contributed by atoms with Crippen LogP contribution >= 0.6 is 0 Å². The summed E-state index contributed by atoms with van der Waals surface area (Å²) in [6.45, 7) is 1.24. The number of benzene rings is 1. The molecule has 0 aliphatic carbocycles. The van der Waals surface area contributed by atoms with Gasteiger partial charge in [0.2, 0.25) is 10.0 Å².